The van der Waals surface area contributed by atoms with E-state index in [-0.39, 0.29) is 6.03 Å². The fourth-order valence-electron chi connectivity index (χ4n) is 2.51. The van der Waals surface area contributed by atoms with Crippen LogP contribution in [0.3, 0.4) is 0 Å². The molecule has 0 saturated carbocycles. The van der Waals surface area contributed by atoms with E-state index in [0.29, 0.717) is 19.5 Å². The summed E-state index contributed by atoms with van der Waals surface area (Å²) < 4.78 is 4.96. The summed E-state index contributed by atoms with van der Waals surface area (Å²) in [7, 11) is 1.67. The summed E-state index contributed by atoms with van der Waals surface area (Å²) in [6.07, 6.45) is 5.08. The van der Waals surface area contributed by atoms with E-state index in [2.05, 4.69) is 5.32 Å². The van der Waals surface area contributed by atoms with Crippen LogP contribution >= 0.6 is 0 Å². The van der Waals surface area contributed by atoms with E-state index in [4.69, 9.17) is 4.74 Å². The molecule has 1 unspecified atom stereocenters. The lowest BCUT2D eigenvalue weighted by Gasteiger charge is -2.41. The SMILES string of the molecule is COCCCCCNC(=O)N1CCCCC1(C)C(=O)O. The third kappa shape index (κ3) is 4.37. The first-order chi connectivity index (χ1) is 9.52. The summed E-state index contributed by atoms with van der Waals surface area (Å²) in [5.74, 6) is -0.924. The molecule has 1 rings (SSSR count). The number of amides is 2. The van der Waals surface area contributed by atoms with Gasteiger partial charge in [0.2, 0.25) is 0 Å². The quantitative estimate of drug-likeness (QED) is 0.700. The molecule has 0 aromatic carbocycles. The zero-order valence-electron chi connectivity index (χ0n) is 12.5. The van der Waals surface area contributed by atoms with Gasteiger partial charge in [-0.2, -0.15) is 0 Å². The molecule has 0 radical (unpaired) electrons. The van der Waals surface area contributed by atoms with Crippen LogP contribution in [-0.4, -0.2) is 54.4 Å². The maximum absolute atomic E-state index is 12.1. The van der Waals surface area contributed by atoms with Crippen LogP contribution in [0, 0.1) is 0 Å². The van der Waals surface area contributed by atoms with Crippen LogP contribution in [0.2, 0.25) is 0 Å². The number of likely N-dealkylation sites (tertiary alicyclic amines) is 1. The number of hydrogen-bond donors (Lipinski definition) is 2. The van der Waals surface area contributed by atoms with Crippen molar-refractivity contribution in [3.8, 4) is 0 Å². The van der Waals surface area contributed by atoms with E-state index in [1.165, 1.54) is 4.90 Å². The Kier molecular flexibility index (Phi) is 6.78. The molecule has 2 amide bonds. The molecule has 0 aromatic rings. The molecule has 0 bridgehead atoms. The van der Waals surface area contributed by atoms with Crippen molar-refractivity contribution in [1.82, 2.24) is 10.2 Å². The van der Waals surface area contributed by atoms with Gasteiger partial charge in [-0.05, 0) is 45.4 Å². The van der Waals surface area contributed by atoms with Crippen LogP contribution in [0.15, 0.2) is 0 Å². The van der Waals surface area contributed by atoms with Crippen LogP contribution in [0.5, 0.6) is 0 Å². The van der Waals surface area contributed by atoms with Crippen LogP contribution in [0.4, 0.5) is 4.79 Å². The Morgan fingerprint density at radius 2 is 2.05 bits per heavy atom. The number of nitrogens with one attached hydrogen (secondary N) is 1. The molecular formula is C14H26N2O4. The fraction of sp³-hybridized carbons (Fsp3) is 0.857. The Bertz CT molecular complexity index is 335. The first kappa shape index (κ1) is 16.8. The van der Waals surface area contributed by atoms with Gasteiger partial charge in [0, 0.05) is 26.8 Å². The van der Waals surface area contributed by atoms with E-state index in [0.717, 1.165) is 38.7 Å². The predicted molar refractivity (Wildman–Crippen MR) is 75.7 cm³/mol. The normalized spacial score (nSPS) is 22.6. The van der Waals surface area contributed by atoms with Crippen molar-refractivity contribution in [2.24, 2.45) is 0 Å². The number of carbonyl (C=O) groups is 2. The molecule has 0 spiro atoms. The van der Waals surface area contributed by atoms with Crippen LogP contribution in [-0.2, 0) is 9.53 Å². The number of carbonyl (C=O) groups excluding carboxylic acids is 1. The number of nitrogens with zero attached hydrogens (tertiary/aromatic N) is 1. The van der Waals surface area contributed by atoms with Crippen LogP contribution in [0.1, 0.15) is 45.4 Å². The summed E-state index contributed by atoms with van der Waals surface area (Å²) in [6.45, 7) is 3.46. The zero-order valence-corrected chi connectivity index (χ0v) is 12.5. The second-order valence-electron chi connectivity index (χ2n) is 5.47. The molecule has 1 aliphatic rings. The maximum atomic E-state index is 12.1. The number of unbranched alkanes of at least 4 members (excludes halogenated alkanes) is 2. The second-order valence-corrected chi connectivity index (χ2v) is 5.47. The standard InChI is InChI=1S/C14H26N2O4/c1-14(12(17)18)8-4-6-10-16(14)13(19)15-9-5-3-7-11-20-2/h3-11H2,1-2H3,(H,15,19)(H,17,18). The molecule has 0 aromatic heterocycles. The first-order valence-electron chi connectivity index (χ1n) is 7.30. The van der Waals surface area contributed by atoms with Crippen molar-refractivity contribution >= 4 is 12.0 Å². The fourth-order valence-corrected chi connectivity index (χ4v) is 2.51. The largest absolute Gasteiger partial charge is 0.480 e. The van der Waals surface area contributed by atoms with Gasteiger partial charge in [0.15, 0.2) is 0 Å². The summed E-state index contributed by atoms with van der Waals surface area (Å²) in [5, 5.41) is 12.2. The van der Waals surface area contributed by atoms with Gasteiger partial charge in [-0.1, -0.05) is 0 Å². The predicted octanol–water partition coefficient (Wildman–Crippen LogP) is 1.84. The van der Waals surface area contributed by atoms with Crippen molar-refractivity contribution in [1.29, 1.82) is 0 Å². The smallest absolute Gasteiger partial charge is 0.329 e. The summed E-state index contributed by atoms with van der Waals surface area (Å²) in [5.41, 5.74) is -1.07. The van der Waals surface area contributed by atoms with Crippen molar-refractivity contribution in [2.75, 3.05) is 26.8 Å². The Morgan fingerprint density at radius 1 is 1.30 bits per heavy atom. The van der Waals surface area contributed by atoms with Crippen LogP contribution < -0.4 is 5.32 Å². The lowest BCUT2D eigenvalue weighted by Crippen LogP contribution is -2.60. The lowest BCUT2D eigenvalue weighted by atomic mass is 9.89. The molecule has 1 aliphatic heterocycles. The topological polar surface area (TPSA) is 78.9 Å². The van der Waals surface area contributed by atoms with Gasteiger partial charge in [-0.3, -0.25) is 0 Å². The van der Waals surface area contributed by atoms with Crippen molar-refractivity contribution in [2.45, 2.75) is 51.0 Å². The Morgan fingerprint density at radius 3 is 2.70 bits per heavy atom. The monoisotopic (exact) mass is 286 g/mol. The molecule has 1 atom stereocenters. The minimum atomic E-state index is -1.07. The highest BCUT2D eigenvalue weighted by atomic mass is 16.5. The number of hydrogen-bond acceptors (Lipinski definition) is 3. The van der Waals surface area contributed by atoms with Crippen molar-refractivity contribution in [3.05, 3.63) is 0 Å². The number of ether oxygens (including phenoxy) is 1. The summed E-state index contributed by atoms with van der Waals surface area (Å²) in [4.78, 5) is 25.0. The molecular weight excluding hydrogens is 260 g/mol. The molecule has 1 saturated heterocycles. The van der Waals surface area contributed by atoms with E-state index in [9.17, 15) is 14.7 Å². The Labute approximate surface area is 120 Å². The number of carboxylic acid groups (broad SMARTS) is 1. The number of rotatable bonds is 7. The second kappa shape index (κ2) is 8.09. The molecule has 6 nitrogen and oxygen atoms in total. The third-order valence-electron chi connectivity index (χ3n) is 3.90. The highest BCUT2D eigenvalue weighted by molar-refractivity contribution is 5.86. The molecule has 6 heteroatoms. The van der Waals surface area contributed by atoms with E-state index >= 15 is 0 Å². The van der Waals surface area contributed by atoms with Gasteiger partial charge >= 0.3 is 12.0 Å². The Balaban J connectivity index is 2.38. The van der Waals surface area contributed by atoms with E-state index in [1.54, 1.807) is 14.0 Å². The maximum Gasteiger partial charge on any atom is 0.329 e. The molecule has 1 fully saturated rings. The van der Waals surface area contributed by atoms with E-state index in [1.807, 2.05) is 0 Å². The number of piperidine rings is 1. The third-order valence-corrected chi connectivity index (χ3v) is 3.90. The van der Waals surface area contributed by atoms with Gasteiger partial charge in [-0.25, -0.2) is 9.59 Å². The molecule has 1 heterocycles. The molecule has 116 valence electrons. The number of carboxylic acids is 1. The van der Waals surface area contributed by atoms with Gasteiger partial charge in [0.1, 0.15) is 5.54 Å². The molecule has 0 aliphatic carbocycles. The molecule has 20 heavy (non-hydrogen) atoms. The highest BCUT2D eigenvalue weighted by Gasteiger charge is 2.43. The Hall–Kier alpha value is -1.30. The van der Waals surface area contributed by atoms with Crippen molar-refractivity contribution < 1.29 is 19.4 Å². The minimum Gasteiger partial charge on any atom is -0.480 e. The van der Waals surface area contributed by atoms with Crippen LogP contribution in [0.25, 0.3) is 0 Å². The van der Waals surface area contributed by atoms with Crippen molar-refractivity contribution in [3.63, 3.8) is 0 Å². The summed E-state index contributed by atoms with van der Waals surface area (Å²) >= 11 is 0. The number of aliphatic carboxylic acids is 1. The molecule has 2 N–H and O–H groups in total. The summed E-state index contributed by atoms with van der Waals surface area (Å²) in [6, 6.07) is -0.263. The number of methoxy groups -OCH3 is 1. The van der Waals surface area contributed by atoms with Gasteiger partial charge in [0.25, 0.3) is 0 Å². The lowest BCUT2D eigenvalue weighted by molar-refractivity contribution is -0.150. The van der Waals surface area contributed by atoms with Gasteiger partial charge in [0.05, 0.1) is 0 Å². The zero-order chi connectivity index (χ0) is 15.0. The van der Waals surface area contributed by atoms with E-state index < -0.39 is 11.5 Å². The average Bonchev–Trinajstić information content (AvgIpc) is 2.42. The number of urea groups is 1. The highest BCUT2D eigenvalue weighted by Crippen LogP contribution is 2.28. The first-order valence-corrected chi connectivity index (χ1v) is 7.30. The average molecular weight is 286 g/mol. The van der Waals surface area contributed by atoms with Gasteiger partial charge < -0.3 is 20.1 Å². The van der Waals surface area contributed by atoms with Gasteiger partial charge in [-0.15, -0.1) is 0 Å². The minimum absolute atomic E-state index is 0.263.